The minimum atomic E-state index is -0.716. The normalized spacial score (nSPS) is 16.2. The van der Waals surface area contributed by atoms with Gasteiger partial charge < -0.3 is 15.2 Å². The van der Waals surface area contributed by atoms with Crippen molar-refractivity contribution in [2.75, 3.05) is 19.6 Å². The van der Waals surface area contributed by atoms with E-state index in [0.29, 0.717) is 23.2 Å². The number of phenols is 1. The molecule has 7 heteroatoms. The largest absolute Gasteiger partial charge is 0.506 e. The van der Waals surface area contributed by atoms with E-state index in [9.17, 15) is 15.0 Å². The number of benzene rings is 2. The van der Waals surface area contributed by atoms with Crippen molar-refractivity contribution in [1.82, 2.24) is 15.2 Å². The van der Waals surface area contributed by atoms with Crippen molar-refractivity contribution in [3.63, 3.8) is 0 Å². The first-order valence-corrected chi connectivity index (χ1v) is 11.5. The van der Waals surface area contributed by atoms with Gasteiger partial charge in [0.1, 0.15) is 17.5 Å². The molecule has 0 amide bonds. The van der Waals surface area contributed by atoms with Gasteiger partial charge >= 0.3 is 4.87 Å². The molecule has 0 radical (unpaired) electrons. The molecule has 2 heterocycles. The van der Waals surface area contributed by atoms with Crippen LogP contribution in [0.2, 0.25) is 0 Å². The van der Waals surface area contributed by atoms with Gasteiger partial charge in [0.15, 0.2) is 0 Å². The Balaban J connectivity index is 1.30. The molecule has 2 aromatic carbocycles. The molecule has 1 atom stereocenters. The number of likely N-dealkylation sites (tertiary alicyclic amines) is 1. The highest BCUT2D eigenvalue weighted by molar-refractivity contribution is 7.16. The molecule has 3 aromatic rings. The zero-order chi connectivity index (χ0) is 20.9. The van der Waals surface area contributed by atoms with Crippen molar-refractivity contribution in [3.8, 4) is 5.75 Å². The van der Waals surface area contributed by atoms with Gasteiger partial charge in [-0.05, 0) is 55.1 Å². The summed E-state index contributed by atoms with van der Waals surface area (Å²) in [6.07, 6.45) is 4.45. The van der Waals surface area contributed by atoms with E-state index < -0.39 is 6.23 Å². The van der Waals surface area contributed by atoms with E-state index in [0.717, 1.165) is 29.9 Å². The number of hydrogen-bond acceptors (Lipinski definition) is 6. The standard InChI is InChI=1S/C23H29N3O3S/c27-19-8-7-18(22-21(19)25-23(29)30-22)14-20(28)24-10-9-16-5-4-6-17(13-16)15-26-11-2-1-3-12-26/h4-8,13,20,24,27-28H,1-3,9-12,14-15H2,(H,25,29). The number of rotatable bonds is 8. The lowest BCUT2D eigenvalue weighted by Gasteiger charge is -2.26. The Morgan fingerprint density at radius 3 is 2.77 bits per heavy atom. The fourth-order valence-electron chi connectivity index (χ4n) is 4.16. The van der Waals surface area contributed by atoms with E-state index in [1.807, 2.05) is 0 Å². The summed E-state index contributed by atoms with van der Waals surface area (Å²) in [5.41, 5.74) is 3.90. The number of nitrogens with one attached hydrogen (secondary N) is 2. The fraction of sp³-hybridized carbons (Fsp3) is 0.435. The van der Waals surface area contributed by atoms with E-state index >= 15 is 0 Å². The number of thiazole rings is 1. The van der Waals surface area contributed by atoms with Gasteiger partial charge in [0.25, 0.3) is 0 Å². The lowest BCUT2D eigenvalue weighted by Crippen LogP contribution is -2.32. The minimum Gasteiger partial charge on any atom is -0.506 e. The van der Waals surface area contributed by atoms with Gasteiger partial charge in [-0.2, -0.15) is 0 Å². The van der Waals surface area contributed by atoms with Gasteiger partial charge in [0, 0.05) is 19.5 Å². The van der Waals surface area contributed by atoms with Crippen molar-refractivity contribution in [2.45, 2.75) is 44.9 Å². The van der Waals surface area contributed by atoms with Crippen LogP contribution in [-0.2, 0) is 19.4 Å². The SMILES string of the molecule is O=c1[nH]c2c(O)ccc(CC(O)NCCc3cccc(CN4CCCCC4)c3)c2s1. The van der Waals surface area contributed by atoms with Crippen LogP contribution < -0.4 is 10.2 Å². The number of phenolic OH excluding ortho intramolecular Hbond substituents is 1. The smallest absolute Gasteiger partial charge is 0.305 e. The quantitative estimate of drug-likeness (QED) is 0.415. The Hall–Kier alpha value is -2.19. The maximum absolute atomic E-state index is 11.6. The topological polar surface area (TPSA) is 88.6 Å². The predicted octanol–water partition coefficient (Wildman–Crippen LogP) is 2.97. The van der Waals surface area contributed by atoms with Gasteiger partial charge in [-0.15, -0.1) is 0 Å². The molecule has 30 heavy (non-hydrogen) atoms. The molecule has 1 aromatic heterocycles. The van der Waals surface area contributed by atoms with Crippen molar-refractivity contribution >= 4 is 21.6 Å². The van der Waals surface area contributed by atoms with Crippen LogP contribution in [0.5, 0.6) is 5.75 Å². The van der Waals surface area contributed by atoms with Gasteiger partial charge in [-0.3, -0.25) is 15.0 Å². The summed E-state index contributed by atoms with van der Waals surface area (Å²) in [6.45, 7) is 4.07. The number of hydrogen-bond donors (Lipinski definition) is 4. The molecule has 0 spiro atoms. The highest BCUT2D eigenvalue weighted by Crippen LogP contribution is 2.28. The third-order valence-electron chi connectivity index (χ3n) is 5.69. The number of aliphatic hydroxyl groups is 1. The lowest BCUT2D eigenvalue weighted by atomic mass is 10.1. The maximum atomic E-state index is 11.6. The second-order valence-corrected chi connectivity index (χ2v) is 9.03. The van der Waals surface area contributed by atoms with Crippen molar-refractivity contribution in [3.05, 3.63) is 62.8 Å². The van der Waals surface area contributed by atoms with Gasteiger partial charge in [-0.25, -0.2) is 0 Å². The lowest BCUT2D eigenvalue weighted by molar-refractivity contribution is 0.138. The van der Waals surface area contributed by atoms with Crippen LogP contribution in [0.15, 0.2) is 41.2 Å². The number of nitrogens with zero attached hydrogens (tertiary/aromatic N) is 1. The average Bonchev–Trinajstić information content (AvgIpc) is 3.14. The van der Waals surface area contributed by atoms with Crippen molar-refractivity contribution < 1.29 is 10.2 Å². The van der Waals surface area contributed by atoms with Crippen LogP contribution in [0.3, 0.4) is 0 Å². The molecule has 0 aliphatic carbocycles. The number of piperidine rings is 1. The summed E-state index contributed by atoms with van der Waals surface area (Å²) in [7, 11) is 0. The molecular formula is C23H29N3O3S. The van der Waals surface area contributed by atoms with Crippen molar-refractivity contribution in [2.24, 2.45) is 0 Å². The Kier molecular flexibility index (Phi) is 6.84. The number of aromatic nitrogens is 1. The maximum Gasteiger partial charge on any atom is 0.305 e. The zero-order valence-corrected chi connectivity index (χ0v) is 17.9. The number of fused-ring (bicyclic) bond motifs is 1. The van der Waals surface area contributed by atoms with E-state index in [-0.39, 0.29) is 10.6 Å². The number of H-pyrrole nitrogens is 1. The summed E-state index contributed by atoms with van der Waals surface area (Å²) in [4.78, 5) is 16.6. The first-order valence-electron chi connectivity index (χ1n) is 10.6. The molecule has 1 aliphatic rings. The second-order valence-electron chi connectivity index (χ2n) is 8.04. The summed E-state index contributed by atoms with van der Waals surface area (Å²) in [5.74, 6) is 0.0546. The van der Waals surface area contributed by atoms with Crippen LogP contribution in [-0.4, -0.2) is 46.0 Å². The Morgan fingerprint density at radius 2 is 1.93 bits per heavy atom. The Morgan fingerprint density at radius 1 is 1.13 bits per heavy atom. The van der Waals surface area contributed by atoms with Crippen LogP contribution in [0.25, 0.3) is 10.2 Å². The number of aromatic amines is 1. The number of aliphatic hydroxyl groups excluding tert-OH is 1. The van der Waals surface area contributed by atoms with E-state index in [1.165, 1.54) is 43.5 Å². The van der Waals surface area contributed by atoms with Gasteiger partial charge in [0.2, 0.25) is 0 Å². The van der Waals surface area contributed by atoms with Crippen molar-refractivity contribution in [1.29, 1.82) is 0 Å². The molecule has 6 nitrogen and oxygen atoms in total. The van der Waals surface area contributed by atoms with Gasteiger partial charge in [0.05, 0.1) is 4.70 Å². The molecule has 1 aliphatic heterocycles. The molecule has 1 saturated heterocycles. The van der Waals surface area contributed by atoms with E-state index in [1.54, 1.807) is 12.1 Å². The van der Waals surface area contributed by atoms with Gasteiger partial charge in [-0.1, -0.05) is 48.1 Å². The summed E-state index contributed by atoms with van der Waals surface area (Å²) in [5, 5.41) is 23.5. The van der Waals surface area contributed by atoms with Crippen LogP contribution >= 0.6 is 11.3 Å². The Labute approximate surface area is 180 Å². The van der Waals surface area contributed by atoms with E-state index in [4.69, 9.17) is 0 Å². The number of aromatic hydroxyl groups is 1. The molecule has 4 N–H and O–H groups in total. The van der Waals surface area contributed by atoms with E-state index in [2.05, 4.69) is 39.5 Å². The second kappa shape index (κ2) is 9.75. The first kappa shape index (κ1) is 21.1. The minimum absolute atomic E-state index is 0.0546. The fourth-order valence-corrected chi connectivity index (χ4v) is 5.04. The van der Waals surface area contributed by atoms with Crippen LogP contribution in [0.4, 0.5) is 0 Å². The first-order chi connectivity index (χ1) is 14.6. The molecule has 0 bridgehead atoms. The molecule has 1 fully saturated rings. The molecular weight excluding hydrogens is 398 g/mol. The summed E-state index contributed by atoms with van der Waals surface area (Å²) < 4.78 is 0.700. The monoisotopic (exact) mass is 427 g/mol. The third kappa shape index (κ3) is 5.29. The average molecular weight is 428 g/mol. The zero-order valence-electron chi connectivity index (χ0n) is 17.1. The van der Waals surface area contributed by atoms with Crippen LogP contribution in [0, 0.1) is 0 Å². The Bertz CT molecular complexity index is 1040. The predicted molar refractivity (Wildman–Crippen MR) is 121 cm³/mol. The highest BCUT2D eigenvalue weighted by Gasteiger charge is 2.13. The third-order valence-corrected chi connectivity index (χ3v) is 6.65. The molecule has 0 saturated carbocycles. The highest BCUT2D eigenvalue weighted by atomic mass is 32.1. The molecule has 1 unspecified atom stereocenters. The molecule has 160 valence electrons. The molecule has 4 rings (SSSR count). The van der Waals surface area contributed by atoms with Crippen LogP contribution in [0.1, 0.15) is 36.0 Å². The summed E-state index contributed by atoms with van der Waals surface area (Å²) in [6, 6.07) is 12.0. The summed E-state index contributed by atoms with van der Waals surface area (Å²) >= 11 is 1.06.